The van der Waals surface area contributed by atoms with Crippen LogP contribution in [0.4, 0.5) is 0 Å². The number of aromatic nitrogens is 1. The number of hydrogen-bond acceptors (Lipinski definition) is 4. The van der Waals surface area contributed by atoms with Crippen molar-refractivity contribution in [3.8, 4) is 10.6 Å². The molecule has 3 atom stereocenters. The Kier molecular flexibility index (Phi) is 3.47. The highest BCUT2D eigenvalue weighted by molar-refractivity contribution is 7.16. The highest BCUT2D eigenvalue weighted by atomic mass is 32.1. The summed E-state index contributed by atoms with van der Waals surface area (Å²) in [6.45, 7) is 2.07. The van der Waals surface area contributed by atoms with Crippen LogP contribution in [0.15, 0.2) is 30.5 Å². The van der Waals surface area contributed by atoms with Crippen molar-refractivity contribution in [2.45, 2.75) is 44.3 Å². The molecule has 0 radical (unpaired) electrons. The fourth-order valence-electron chi connectivity index (χ4n) is 3.54. The zero-order valence-corrected chi connectivity index (χ0v) is 13.3. The van der Waals surface area contributed by atoms with Gasteiger partial charge in [0, 0.05) is 23.7 Å². The van der Waals surface area contributed by atoms with Gasteiger partial charge in [-0.3, -0.25) is 4.79 Å². The summed E-state index contributed by atoms with van der Waals surface area (Å²) in [5.74, 6) is 0.0108. The standard InChI is InChI=1S/C17H19N3OS/c1-10-4-2-3-5-12(10)17-18-9-15(22-17)16(21)20-14-8-11-6-7-13(14)19-11/h2-5,9,11,13-14,19H,6-8H2,1H3,(H,20,21). The molecule has 0 saturated carbocycles. The third-order valence-electron chi connectivity index (χ3n) is 4.72. The minimum atomic E-state index is 0.0108. The Labute approximate surface area is 134 Å². The maximum absolute atomic E-state index is 12.4. The summed E-state index contributed by atoms with van der Waals surface area (Å²) in [5.41, 5.74) is 2.29. The lowest BCUT2D eigenvalue weighted by atomic mass is 9.95. The van der Waals surface area contributed by atoms with E-state index in [1.165, 1.54) is 29.7 Å². The van der Waals surface area contributed by atoms with E-state index in [2.05, 4.69) is 34.7 Å². The zero-order valence-electron chi connectivity index (χ0n) is 12.5. The van der Waals surface area contributed by atoms with Gasteiger partial charge in [0.05, 0.1) is 6.20 Å². The summed E-state index contributed by atoms with van der Waals surface area (Å²) in [6.07, 6.45) is 5.17. The van der Waals surface area contributed by atoms with Crippen molar-refractivity contribution in [3.05, 3.63) is 40.9 Å². The van der Waals surface area contributed by atoms with Crippen LogP contribution in [0, 0.1) is 6.92 Å². The molecule has 4 rings (SSSR count). The first-order valence-corrected chi connectivity index (χ1v) is 8.61. The summed E-state index contributed by atoms with van der Waals surface area (Å²) in [5, 5.41) is 7.63. The molecule has 4 nitrogen and oxygen atoms in total. The van der Waals surface area contributed by atoms with Crippen LogP contribution >= 0.6 is 11.3 Å². The summed E-state index contributed by atoms with van der Waals surface area (Å²) in [4.78, 5) is 17.6. The number of fused-ring (bicyclic) bond motifs is 2. The van der Waals surface area contributed by atoms with Gasteiger partial charge in [0.15, 0.2) is 0 Å². The monoisotopic (exact) mass is 313 g/mol. The molecule has 0 spiro atoms. The van der Waals surface area contributed by atoms with E-state index in [0.29, 0.717) is 17.0 Å². The summed E-state index contributed by atoms with van der Waals surface area (Å²) >= 11 is 1.47. The first-order valence-electron chi connectivity index (χ1n) is 7.79. The molecule has 0 aliphatic carbocycles. The molecule has 2 bridgehead atoms. The van der Waals surface area contributed by atoms with Crippen molar-refractivity contribution in [1.82, 2.24) is 15.6 Å². The maximum atomic E-state index is 12.4. The molecule has 2 aliphatic heterocycles. The van der Waals surface area contributed by atoms with Crippen molar-refractivity contribution in [3.63, 3.8) is 0 Å². The molecule has 1 amide bonds. The second-order valence-electron chi connectivity index (χ2n) is 6.21. The number of aryl methyl sites for hydroxylation is 1. The first-order chi connectivity index (χ1) is 10.7. The van der Waals surface area contributed by atoms with Crippen molar-refractivity contribution in [2.75, 3.05) is 0 Å². The Hall–Kier alpha value is -1.72. The molecule has 1 aromatic carbocycles. The molecular formula is C17H19N3OS. The number of thiazole rings is 1. The highest BCUT2D eigenvalue weighted by Gasteiger charge is 2.39. The maximum Gasteiger partial charge on any atom is 0.263 e. The minimum absolute atomic E-state index is 0.0108. The Morgan fingerprint density at radius 3 is 2.95 bits per heavy atom. The van der Waals surface area contributed by atoms with E-state index in [0.717, 1.165) is 17.0 Å². The van der Waals surface area contributed by atoms with Gasteiger partial charge in [0.1, 0.15) is 9.88 Å². The minimum Gasteiger partial charge on any atom is -0.347 e. The van der Waals surface area contributed by atoms with Crippen molar-refractivity contribution in [1.29, 1.82) is 0 Å². The molecule has 3 unspecified atom stereocenters. The number of nitrogens with one attached hydrogen (secondary N) is 2. The van der Waals surface area contributed by atoms with E-state index in [9.17, 15) is 4.79 Å². The van der Waals surface area contributed by atoms with Gasteiger partial charge in [-0.15, -0.1) is 11.3 Å². The zero-order chi connectivity index (χ0) is 15.1. The normalized spacial score (nSPS) is 26.3. The molecule has 22 heavy (non-hydrogen) atoms. The Morgan fingerprint density at radius 1 is 1.36 bits per heavy atom. The molecule has 5 heteroatoms. The molecule has 3 heterocycles. The predicted octanol–water partition coefficient (Wildman–Crippen LogP) is 2.74. The van der Waals surface area contributed by atoms with Crippen LogP contribution in [0.1, 0.15) is 34.5 Å². The summed E-state index contributed by atoms with van der Waals surface area (Å²) in [6, 6.07) is 9.46. The lowest BCUT2D eigenvalue weighted by Crippen LogP contribution is -2.42. The molecule has 2 aromatic rings. The van der Waals surface area contributed by atoms with E-state index < -0.39 is 0 Å². The number of nitrogens with zero attached hydrogens (tertiary/aromatic N) is 1. The van der Waals surface area contributed by atoms with Gasteiger partial charge in [-0.1, -0.05) is 24.3 Å². The van der Waals surface area contributed by atoms with Crippen LogP contribution in [0.25, 0.3) is 10.6 Å². The summed E-state index contributed by atoms with van der Waals surface area (Å²) in [7, 11) is 0. The quantitative estimate of drug-likeness (QED) is 0.916. The van der Waals surface area contributed by atoms with Crippen LogP contribution in [-0.2, 0) is 0 Å². The largest absolute Gasteiger partial charge is 0.347 e. The number of hydrogen-bond donors (Lipinski definition) is 2. The number of amides is 1. The summed E-state index contributed by atoms with van der Waals surface area (Å²) < 4.78 is 0. The molecule has 2 aliphatic rings. The van der Waals surface area contributed by atoms with Crippen molar-refractivity contribution in [2.24, 2.45) is 0 Å². The molecular weight excluding hydrogens is 294 g/mol. The number of benzene rings is 1. The fraction of sp³-hybridized carbons (Fsp3) is 0.412. The average molecular weight is 313 g/mol. The molecule has 2 saturated heterocycles. The van der Waals surface area contributed by atoms with Crippen molar-refractivity contribution >= 4 is 17.2 Å². The van der Waals surface area contributed by atoms with E-state index in [4.69, 9.17) is 0 Å². The van der Waals surface area contributed by atoms with E-state index in [1.807, 2.05) is 12.1 Å². The molecule has 2 fully saturated rings. The van der Waals surface area contributed by atoms with Gasteiger partial charge in [0.2, 0.25) is 0 Å². The van der Waals surface area contributed by atoms with Gasteiger partial charge < -0.3 is 10.6 Å². The number of rotatable bonds is 3. The lowest BCUT2D eigenvalue weighted by Gasteiger charge is -2.20. The van der Waals surface area contributed by atoms with Crippen LogP contribution in [0.3, 0.4) is 0 Å². The van der Waals surface area contributed by atoms with Gasteiger partial charge >= 0.3 is 0 Å². The van der Waals surface area contributed by atoms with Gasteiger partial charge in [-0.05, 0) is 31.7 Å². The highest BCUT2D eigenvalue weighted by Crippen LogP contribution is 2.30. The van der Waals surface area contributed by atoms with E-state index in [-0.39, 0.29) is 11.9 Å². The first kappa shape index (κ1) is 13.9. The Balaban J connectivity index is 1.49. The molecule has 2 N–H and O–H groups in total. The van der Waals surface area contributed by atoms with Gasteiger partial charge in [0.25, 0.3) is 5.91 Å². The van der Waals surface area contributed by atoms with Crippen molar-refractivity contribution < 1.29 is 4.79 Å². The third kappa shape index (κ3) is 2.44. The van der Waals surface area contributed by atoms with Gasteiger partial charge in [-0.25, -0.2) is 4.98 Å². The second kappa shape index (κ2) is 5.48. The smallest absolute Gasteiger partial charge is 0.263 e. The number of carbonyl (C=O) groups excluding carboxylic acids is 1. The van der Waals surface area contributed by atoms with E-state index >= 15 is 0 Å². The third-order valence-corrected chi connectivity index (χ3v) is 5.75. The van der Waals surface area contributed by atoms with E-state index in [1.54, 1.807) is 6.20 Å². The lowest BCUT2D eigenvalue weighted by molar-refractivity contribution is 0.0935. The van der Waals surface area contributed by atoms with Gasteiger partial charge in [-0.2, -0.15) is 0 Å². The van der Waals surface area contributed by atoms with Crippen LogP contribution in [-0.4, -0.2) is 29.0 Å². The average Bonchev–Trinajstić information content (AvgIpc) is 3.24. The van der Waals surface area contributed by atoms with Crippen LogP contribution in [0.5, 0.6) is 0 Å². The molecule has 114 valence electrons. The number of carbonyl (C=O) groups is 1. The SMILES string of the molecule is Cc1ccccc1-c1ncc(C(=O)NC2CC3CCC2N3)s1. The Bertz CT molecular complexity index is 711. The Morgan fingerprint density at radius 2 is 2.23 bits per heavy atom. The second-order valence-corrected chi connectivity index (χ2v) is 7.24. The predicted molar refractivity (Wildman–Crippen MR) is 88.1 cm³/mol. The van der Waals surface area contributed by atoms with Crippen LogP contribution < -0.4 is 10.6 Å². The fourth-order valence-corrected chi connectivity index (χ4v) is 4.45. The van der Waals surface area contributed by atoms with Crippen LogP contribution in [0.2, 0.25) is 0 Å². The molecule has 1 aromatic heterocycles. The topological polar surface area (TPSA) is 54.0 Å².